The van der Waals surface area contributed by atoms with Crippen molar-refractivity contribution in [2.75, 3.05) is 25.5 Å². The number of halogens is 1. The number of H-pyrrole nitrogens is 1. The van der Waals surface area contributed by atoms with E-state index < -0.39 is 0 Å². The van der Waals surface area contributed by atoms with Gasteiger partial charge in [-0.3, -0.25) is 4.98 Å². The molecule has 5 rings (SSSR count). The number of fused-ring (bicyclic) bond motifs is 2. The molecule has 180 valence electrons. The zero-order valence-corrected chi connectivity index (χ0v) is 20.4. The standard InChI is InChI=1S/C25H26FN7OS/c1-15-5-6-17-18(12-15)31-21(30-17)7-10-27-11-8-23-33-24-20(35-23)13-22(34-2)32-25(24)29-14-19-16(26)4-3-9-28-19/h3-6,9,12-13,27H,7-8,10-11,14H2,1-2H3,(H,29,32)(H,30,31). The smallest absolute Gasteiger partial charge is 0.216 e. The Morgan fingerprint density at radius 1 is 1.09 bits per heavy atom. The first-order valence-electron chi connectivity index (χ1n) is 11.4. The number of imidazole rings is 1. The second kappa shape index (κ2) is 10.3. The van der Waals surface area contributed by atoms with Crippen molar-refractivity contribution in [1.82, 2.24) is 30.2 Å². The van der Waals surface area contributed by atoms with Gasteiger partial charge in [0.1, 0.15) is 17.2 Å². The second-order valence-electron chi connectivity index (χ2n) is 8.21. The van der Waals surface area contributed by atoms with Crippen molar-refractivity contribution in [3.8, 4) is 5.88 Å². The Labute approximate surface area is 206 Å². The summed E-state index contributed by atoms with van der Waals surface area (Å²) >= 11 is 1.61. The normalized spacial score (nSPS) is 11.4. The highest BCUT2D eigenvalue weighted by Gasteiger charge is 2.13. The van der Waals surface area contributed by atoms with Crippen LogP contribution in [0.5, 0.6) is 5.88 Å². The van der Waals surface area contributed by atoms with Gasteiger partial charge in [-0.25, -0.2) is 14.4 Å². The molecule has 0 saturated heterocycles. The molecule has 3 N–H and O–H groups in total. The highest BCUT2D eigenvalue weighted by Crippen LogP contribution is 2.31. The zero-order chi connectivity index (χ0) is 24.2. The van der Waals surface area contributed by atoms with E-state index in [9.17, 15) is 4.39 Å². The van der Waals surface area contributed by atoms with Crippen molar-refractivity contribution in [2.24, 2.45) is 0 Å². The number of ether oxygens (including phenoxy) is 1. The van der Waals surface area contributed by atoms with Crippen LogP contribution in [0.25, 0.3) is 21.3 Å². The minimum atomic E-state index is -0.359. The van der Waals surface area contributed by atoms with E-state index in [0.717, 1.165) is 58.0 Å². The van der Waals surface area contributed by atoms with Gasteiger partial charge in [-0.15, -0.1) is 11.3 Å². The van der Waals surface area contributed by atoms with E-state index in [-0.39, 0.29) is 12.4 Å². The molecule has 4 aromatic heterocycles. The summed E-state index contributed by atoms with van der Waals surface area (Å²) in [6.45, 7) is 3.90. The zero-order valence-electron chi connectivity index (χ0n) is 19.6. The number of rotatable bonds is 10. The van der Waals surface area contributed by atoms with Crippen molar-refractivity contribution < 1.29 is 9.13 Å². The molecule has 0 aliphatic carbocycles. The number of aromatic amines is 1. The molecule has 0 saturated carbocycles. The van der Waals surface area contributed by atoms with E-state index in [1.165, 1.54) is 11.6 Å². The Balaban J connectivity index is 1.20. The number of methoxy groups -OCH3 is 1. The van der Waals surface area contributed by atoms with Gasteiger partial charge in [0.05, 0.1) is 40.1 Å². The average molecular weight is 492 g/mol. The number of aryl methyl sites for hydroxylation is 1. The van der Waals surface area contributed by atoms with Crippen molar-refractivity contribution in [3.63, 3.8) is 0 Å². The third kappa shape index (κ3) is 5.39. The lowest BCUT2D eigenvalue weighted by molar-refractivity contribution is 0.399. The number of nitrogens with zero attached hydrogens (tertiary/aromatic N) is 4. The fraction of sp³-hybridized carbons (Fsp3) is 0.280. The first kappa shape index (κ1) is 23.1. The number of pyridine rings is 2. The van der Waals surface area contributed by atoms with Gasteiger partial charge < -0.3 is 20.4 Å². The van der Waals surface area contributed by atoms with E-state index in [1.54, 1.807) is 30.7 Å². The molecule has 8 nitrogen and oxygen atoms in total. The van der Waals surface area contributed by atoms with Crippen LogP contribution in [0.2, 0.25) is 0 Å². The molecular weight excluding hydrogens is 465 g/mol. The molecule has 0 unspecified atom stereocenters. The highest BCUT2D eigenvalue weighted by molar-refractivity contribution is 7.18. The number of benzene rings is 1. The summed E-state index contributed by atoms with van der Waals surface area (Å²) in [5.74, 6) is 1.66. The van der Waals surface area contributed by atoms with Crippen LogP contribution in [0.3, 0.4) is 0 Å². The first-order chi connectivity index (χ1) is 17.1. The largest absolute Gasteiger partial charge is 0.481 e. The number of hydrogen-bond acceptors (Lipinski definition) is 8. The second-order valence-corrected chi connectivity index (χ2v) is 9.32. The molecule has 0 atom stereocenters. The van der Waals surface area contributed by atoms with Gasteiger partial charge in [0.15, 0.2) is 5.82 Å². The molecule has 0 fully saturated rings. The van der Waals surface area contributed by atoms with Crippen LogP contribution in [0.15, 0.2) is 42.6 Å². The monoisotopic (exact) mass is 491 g/mol. The number of aromatic nitrogens is 5. The number of hydrogen-bond donors (Lipinski definition) is 3. The molecule has 10 heteroatoms. The fourth-order valence-corrected chi connectivity index (χ4v) is 4.82. The van der Waals surface area contributed by atoms with Gasteiger partial charge in [0.25, 0.3) is 0 Å². The Morgan fingerprint density at radius 3 is 2.83 bits per heavy atom. The van der Waals surface area contributed by atoms with Gasteiger partial charge in [-0.1, -0.05) is 6.07 Å². The maximum atomic E-state index is 14.0. The minimum absolute atomic E-state index is 0.206. The number of nitrogens with one attached hydrogen (secondary N) is 3. The average Bonchev–Trinajstić information content (AvgIpc) is 3.46. The molecule has 0 aliphatic heterocycles. The van der Waals surface area contributed by atoms with Crippen LogP contribution >= 0.6 is 11.3 Å². The van der Waals surface area contributed by atoms with Gasteiger partial charge >= 0.3 is 0 Å². The van der Waals surface area contributed by atoms with Crippen LogP contribution in [0, 0.1) is 12.7 Å². The Kier molecular flexibility index (Phi) is 6.82. The SMILES string of the molecule is COc1cc2sc(CCNCCc3nc4ccc(C)cc4[nH]3)nc2c(NCc2ncccc2F)n1. The summed E-state index contributed by atoms with van der Waals surface area (Å²) in [5, 5.41) is 7.63. The van der Waals surface area contributed by atoms with Crippen LogP contribution in [-0.2, 0) is 19.4 Å². The maximum absolute atomic E-state index is 14.0. The van der Waals surface area contributed by atoms with E-state index in [1.807, 2.05) is 12.1 Å². The molecule has 1 aromatic carbocycles. The molecule has 4 heterocycles. The summed E-state index contributed by atoms with van der Waals surface area (Å²) in [6.07, 6.45) is 3.18. The summed E-state index contributed by atoms with van der Waals surface area (Å²) in [4.78, 5) is 21.4. The highest BCUT2D eigenvalue weighted by atomic mass is 32.1. The lowest BCUT2D eigenvalue weighted by Crippen LogP contribution is -2.20. The molecule has 35 heavy (non-hydrogen) atoms. The predicted octanol–water partition coefficient (Wildman–Crippen LogP) is 4.41. The third-order valence-electron chi connectivity index (χ3n) is 5.61. The molecule has 0 aliphatic rings. The molecule has 0 spiro atoms. The minimum Gasteiger partial charge on any atom is -0.481 e. The Hall–Kier alpha value is -3.63. The predicted molar refractivity (Wildman–Crippen MR) is 137 cm³/mol. The van der Waals surface area contributed by atoms with Gasteiger partial charge in [-0.2, -0.15) is 4.98 Å². The van der Waals surface area contributed by atoms with Gasteiger partial charge in [0.2, 0.25) is 5.88 Å². The van der Waals surface area contributed by atoms with E-state index >= 15 is 0 Å². The Bertz CT molecular complexity index is 1470. The van der Waals surface area contributed by atoms with E-state index in [0.29, 0.717) is 17.4 Å². The Morgan fingerprint density at radius 2 is 1.97 bits per heavy atom. The van der Waals surface area contributed by atoms with Crippen LogP contribution in [-0.4, -0.2) is 45.1 Å². The van der Waals surface area contributed by atoms with Crippen LogP contribution in [0.1, 0.15) is 22.1 Å². The molecule has 0 amide bonds. The third-order valence-corrected chi connectivity index (χ3v) is 6.67. The number of thiazole rings is 1. The van der Waals surface area contributed by atoms with Gasteiger partial charge in [-0.05, 0) is 36.8 Å². The van der Waals surface area contributed by atoms with Crippen LogP contribution in [0.4, 0.5) is 10.2 Å². The summed E-state index contributed by atoms with van der Waals surface area (Å²) in [7, 11) is 1.57. The lowest BCUT2D eigenvalue weighted by Gasteiger charge is -2.08. The van der Waals surface area contributed by atoms with E-state index in [2.05, 4.69) is 49.6 Å². The summed E-state index contributed by atoms with van der Waals surface area (Å²) in [5.41, 5.74) is 4.37. The van der Waals surface area contributed by atoms with Crippen molar-refractivity contribution in [1.29, 1.82) is 0 Å². The van der Waals surface area contributed by atoms with Crippen LogP contribution < -0.4 is 15.4 Å². The number of anilines is 1. The fourth-order valence-electron chi connectivity index (χ4n) is 3.83. The molecule has 0 radical (unpaired) electrons. The summed E-state index contributed by atoms with van der Waals surface area (Å²) < 4.78 is 20.3. The van der Waals surface area contributed by atoms with Gasteiger partial charge in [0, 0.05) is 38.2 Å². The summed E-state index contributed by atoms with van der Waals surface area (Å²) in [6, 6.07) is 11.1. The maximum Gasteiger partial charge on any atom is 0.216 e. The first-order valence-corrected chi connectivity index (χ1v) is 12.2. The van der Waals surface area contributed by atoms with Crippen molar-refractivity contribution in [3.05, 3.63) is 70.5 Å². The molecular formula is C25H26FN7OS. The quantitative estimate of drug-likeness (QED) is 0.249. The van der Waals surface area contributed by atoms with Crippen molar-refractivity contribution >= 4 is 38.4 Å². The topological polar surface area (TPSA) is 101 Å². The molecule has 5 aromatic rings. The van der Waals surface area contributed by atoms with E-state index in [4.69, 9.17) is 9.72 Å². The molecule has 0 bridgehead atoms. The lowest BCUT2D eigenvalue weighted by atomic mass is 10.2. The van der Waals surface area contributed by atoms with Crippen molar-refractivity contribution in [2.45, 2.75) is 26.3 Å².